The second-order valence-electron chi connectivity index (χ2n) is 2.86. The molecule has 2 nitrogen and oxygen atoms in total. The third-order valence-electron chi connectivity index (χ3n) is 2.14. The van der Waals surface area contributed by atoms with Crippen LogP contribution in [0.2, 0.25) is 0 Å². The number of esters is 1. The van der Waals surface area contributed by atoms with Gasteiger partial charge in [-0.15, -0.1) is 0 Å². The van der Waals surface area contributed by atoms with Gasteiger partial charge in [0, 0.05) is 0 Å². The number of carbonyl (C=O) groups excluding carboxylic acids is 1. The topological polar surface area (TPSA) is 26.3 Å². The number of ether oxygens (including phenoxy) is 1. The first kappa shape index (κ1) is 5.96. The van der Waals surface area contributed by atoms with Gasteiger partial charge in [0.05, 0.1) is 0 Å². The first-order valence-electron chi connectivity index (χ1n) is 3.79. The van der Waals surface area contributed by atoms with Crippen molar-refractivity contribution in [3.05, 3.63) is 11.8 Å². The summed E-state index contributed by atoms with van der Waals surface area (Å²) in [5, 5.41) is 0. The summed E-state index contributed by atoms with van der Waals surface area (Å²) < 4.78 is 4.85. The minimum atomic E-state index is -0.0202. The molecule has 1 aliphatic heterocycles. The van der Waals surface area contributed by atoms with E-state index in [4.69, 9.17) is 4.74 Å². The lowest BCUT2D eigenvalue weighted by atomic mass is 9.98. The van der Waals surface area contributed by atoms with E-state index in [1.165, 1.54) is 12.8 Å². The Labute approximate surface area is 59.9 Å². The summed E-state index contributed by atoms with van der Waals surface area (Å²) in [6, 6.07) is 0. The fourth-order valence-corrected chi connectivity index (χ4v) is 1.50. The molecule has 0 aromatic rings. The van der Waals surface area contributed by atoms with Crippen molar-refractivity contribution in [3.63, 3.8) is 0 Å². The highest BCUT2D eigenvalue weighted by Gasteiger charge is 2.37. The van der Waals surface area contributed by atoms with E-state index >= 15 is 0 Å². The monoisotopic (exact) mass is 138 g/mol. The van der Waals surface area contributed by atoms with Gasteiger partial charge in [0.15, 0.2) is 0 Å². The molecule has 1 unspecified atom stereocenters. The molecule has 0 amide bonds. The molecule has 0 spiro atoms. The second-order valence-corrected chi connectivity index (χ2v) is 2.86. The van der Waals surface area contributed by atoms with Crippen LogP contribution in [0.4, 0.5) is 0 Å². The maximum Gasteiger partial charge on any atom is 0.321 e. The fourth-order valence-electron chi connectivity index (χ4n) is 1.50. The van der Waals surface area contributed by atoms with Crippen LogP contribution in [0.5, 0.6) is 0 Å². The van der Waals surface area contributed by atoms with E-state index in [2.05, 4.69) is 6.08 Å². The van der Waals surface area contributed by atoms with Crippen molar-refractivity contribution in [2.45, 2.75) is 25.7 Å². The van der Waals surface area contributed by atoms with Gasteiger partial charge in [-0.3, -0.25) is 4.79 Å². The van der Waals surface area contributed by atoms with E-state index in [1.54, 1.807) is 0 Å². The molecule has 1 atom stereocenters. The summed E-state index contributed by atoms with van der Waals surface area (Å²) in [5.74, 6) is 1.05. The Morgan fingerprint density at radius 3 is 3.20 bits per heavy atom. The van der Waals surface area contributed by atoms with Crippen molar-refractivity contribution >= 4 is 5.97 Å². The molecule has 0 saturated carbocycles. The molecular weight excluding hydrogens is 128 g/mol. The van der Waals surface area contributed by atoms with Gasteiger partial charge in [0.2, 0.25) is 0 Å². The molecule has 1 aliphatic carbocycles. The van der Waals surface area contributed by atoms with Crippen LogP contribution in [-0.4, -0.2) is 5.97 Å². The van der Waals surface area contributed by atoms with Crippen LogP contribution in [0.15, 0.2) is 11.8 Å². The highest BCUT2D eigenvalue weighted by molar-refractivity contribution is 5.83. The van der Waals surface area contributed by atoms with Crippen LogP contribution in [0.25, 0.3) is 0 Å². The maximum absolute atomic E-state index is 10.8. The third-order valence-corrected chi connectivity index (χ3v) is 2.14. The fraction of sp³-hybridized carbons (Fsp3) is 0.625. The number of rotatable bonds is 0. The molecule has 0 aromatic carbocycles. The average Bonchev–Trinajstić information content (AvgIpc) is 2.09. The van der Waals surface area contributed by atoms with Crippen LogP contribution in [-0.2, 0) is 9.53 Å². The number of hydrogen-bond acceptors (Lipinski definition) is 2. The maximum atomic E-state index is 10.8. The van der Waals surface area contributed by atoms with Crippen molar-refractivity contribution in [3.8, 4) is 0 Å². The second kappa shape index (κ2) is 2.11. The quantitative estimate of drug-likeness (QED) is 0.475. The molecule has 1 fully saturated rings. The molecule has 0 N–H and O–H groups in total. The molecule has 0 radical (unpaired) electrons. The van der Waals surface area contributed by atoms with Crippen LogP contribution >= 0.6 is 0 Å². The molecular formula is C8H10O2. The van der Waals surface area contributed by atoms with Gasteiger partial charge in [0.25, 0.3) is 0 Å². The molecule has 54 valence electrons. The number of allylic oxidation sites excluding steroid dienone is 1. The van der Waals surface area contributed by atoms with Crippen molar-refractivity contribution in [2.24, 2.45) is 5.92 Å². The van der Waals surface area contributed by atoms with Crippen LogP contribution in [0.1, 0.15) is 25.7 Å². The Kier molecular flexibility index (Phi) is 1.26. The summed E-state index contributed by atoms with van der Waals surface area (Å²) >= 11 is 0. The minimum absolute atomic E-state index is 0.0202. The van der Waals surface area contributed by atoms with E-state index in [9.17, 15) is 4.79 Å². The van der Waals surface area contributed by atoms with Crippen LogP contribution in [0.3, 0.4) is 0 Å². The summed E-state index contributed by atoms with van der Waals surface area (Å²) in [4.78, 5) is 10.8. The number of fused-ring (bicyclic) bond motifs is 1. The summed E-state index contributed by atoms with van der Waals surface area (Å²) in [6.45, 7) is 0. The Hall–Kier alpha value is -0.790. The summed E-state index contributed by atoms with van der Waals surface area (Å²) in [7, 11) is 0. The zero-order chi connectivity index (χ0) is 6.97. The Bertz CT molecular complexity index is 193. The number of hydrogen-bond donors (Lipinski definition) is 0. The normalized spacial score (nSPS) is 31.0. The molecule has 10 heavy (non-hydrogen) atoms. The van der Waals surface area contributed by atoms with Gasteiger partial charge < -0.3 is 4.74 Å². The molecule has 0 bridgehead atoms. The SMILES string of the molecule is O=C1OC2=CCCCCC12. The summed E-state index contributed by atoms with van der Waals surface area (Å²) in [6.07, 6.45) is 6.51. The van der Waals surface area contributed by atoms with Crippen molar-refractivity contribution in [2.75, 3.05) is 0 Å². The van der Waals surface area contributed by atoms with E-state index in [0.717, 1.165) is 18.6 Å². The summed E-state index contributed by atoms with van der Waals surface area (Å²) in [5.41, 5.74) is 0. The van der Waals surface area contributed by atoms with Gasteiger partial charge >= 0.3 is 5.97 Å². The molecule has 2 aliphatic rings. The Morgan fingerprint density at radius 1 is 1.50 bits per heavy atom. The van der Waals surface area contributed by atoms with E-state index in [1.807, 2.05) is 0 Å². The third kappa shape index (κ3) is 0.753. The molecule has 2 rings (SSSR count). The lowest BCUT2D eigenvalue weighted by Crippen LogP contribution is -2.31. The molecule has 0 aromatic heterocycles. The Balaban J connectivity index is 2.13. The molecule has 1 heterocycles. The highest BCUT2D eigenvalue weighted by atomic mass is 16.6. The van der Waals surface area contributed by atoms with Gasteiger partial charge in [-0.05, 0) is 25.3 Å². The smallest absolute Gasteiger partial charge is 0.321 e. The van der Waals surface area contributed by atoms with Gasteiger partial charge in [-0.1, -0.05) is 6.42 Å². The van der Waals surface area contributed by atoms with E-state index in [-0.39, 0.29) is 11.9 Å². The number of carbonyl (C=O) groups is 1. The van der Waals surface area contributed by atoms with E-state index in [0.29, 0.717) is 0 Å². The van der Waals surface area contributed by atoms with Gasteiger partial charge in [0.1, 0.15) is 11.7 Å². The van der Waals surface area contributed by atoms with Crippen LogP contribution in [0, 0.1) is 5.92 Å². The minimum Gasteiger partial charge on any atom is -0.430 e. The van der Waals surface area contributed by atoms with Gasteiger partial charge in [-0.2, -0.15) is 0 Å². The lowest BCUT2D eigenvalue weighted by Gasteiger charge is -2.26. The molecule has 1 saturated heterocycles. The predicted octanol–water partition coefficient (Wildman–Crippen LogP) is 1.62. The largest absolute Gasteiger partial charge is 0.430 e. The first-order chi connectivity index (χ1) is 4.88. The van der Waals surface area contributed by atoms with Crippen LogP contribution < -0.4 is 0 Å². The Morgan fingerprint density at radius 2 is 2.40 bits per heavy atom. The standard InChI is InChI=1S/C8H10O2/c9-8-6-4-2-1-3-5-7(6)10-8/h5-6H,1-4H2. The van der Waals surface area contributed by atoms with Crippen molar-refractivity contribution in [1.82, 2.24) is 0 Å². The van der Waals surface area contributed by atoms with E-state index < -0.39 is 0 Å². The lowest BCUT2D eigenvalue weighted by molar-refractivity contribution is -0.157. The zero-order valence-corrected chi connectivity index (χ0v) is 5.80. The average molecular weight is 138 g/mol. The first-order valence-corrected chi connectivity index (χ1v) is 3.79. The van der Waals surface area contributed by atoms with Crippen molar-refractivity contribution in [1.29, 1.82) is 0 Å². The predicted molar refractivity (Wildman–Crippen MR) is 36.1 cm³/mol. The van der Waals surface area contributed by atoms with Crippen molar-refractivity contribution < 1.29 is 9.53 Å². The molecule has 2 heteroatoms. The zero-order valence-electron chi connectivity index (χ0n) is 5.80. The van der Waals surface area contributed by atoms with Gasteiger partial charge in [-0.25, -0.2) is 0 Å². The highest BCUT2D eigenvalue weighted by Crippen LogP contribution is 2.33.